The maximum absolute atomic E-state index is 11.8. The number of benzene rings is 1. The summed E-state index contributed by atoms with van der Waals surface area (Å²) in [6.45, 7) is 2.42. The van der Waals surface area contributed by atoms with Crippen LogP contribution in [0.15, 0.2) is 24.3 Å². The number of ether oxygens (including phenoxy) is 1. The fraction of sp³-hybridized carbons (Fsp3) is 0.562. The van der Waals surface area contributed by atoms with E-state index in [4.69, 9.17) is 4.74 Å². The van der Waals surface area contributed by atoms with Gasteiger partial charge in [0.1, 0.15) is 5.75 Å². The first-order valence-electron chi connectivity index (χ1n) is 7.30. The molecule has 1 aromatic rings. The molecule has 4 heteroatoms. The molecule has 0 radical (unpaired) electrons. The van der Waals surface area contributed by atoms with Gasteiger partial charge in [-0.2, -0.15) is 0 Å². The molecule has 110 valence electrons. The zero-order valence-corrected chi connectivity index (χ0v) is 12.0. The van der Waals surface area contributed by atoms with Gasteiger partial charge in [-0.25, -0.2) is 0 Å². The number of aliphatic hydroxyl groups excluding tert-OH is 1. The third-order valence-electron chi connectivity index (χ3n) is 3.68. The van der Waals surface area contributed by atoms with Crippen molar-refractivity contribution in [1.82, 2.24) is 5.32 Å². The Morgan fingerprint density at radius 2 is 1.90 bits per heavy atom. The number of carbonyl (C=O) groups is 1. The Morgan fingerprint density at radius 1 is 1.25 bits per heavy atom. The number of amides is 1. The van der Waals surface area contributed by atoms with Crippen LogP contribution in [0.4, 0.5) is 0 Å². The number of hydrogen-bond acceptors (Lipinski definition) is 3. The first-order chi connectivity index (χ1) is 9.63. The topological polar surface area (TPSA) is 58.6 Å². The standard InChI is InChI=1S/C16H23NO3/c1-12-2-8-15(9-3-12)20-11-10-16(19)17-13-4-6-14(18)7-5-13/h2-3,8-9,13-14,18H,4-7,10-11H2,1H3,(H,17,19). The lowest BCUT2D eigenvalue weighted by Crippen LogP contribution is -2.39. The molecule has 0 aromatic heterocycles. The van der Waals surface area contributed by atoms with Crippen LogP contribution in [0.5, 0.6) is 5.75 Å². The predicted molar refractivity (Wildman–Crippen MR) is 77.7 cm³/mol. The van der Waals surface area contributed by atoms with E-state index in [1.54, 1.807) is 0 Å². The molecule has 1 aromatic carbocycles. The van der Waals surface area contributed by atoms with E-state index in [0.29, 0.717) is 13.0 Å². The Bertz CT molecular complexity index is 422. The largest absolute Gasteiger partial charge is 0.493 e. The van der Waals surface area contributed by atoms with Gasteiger partial charge in [-0.05, 0) is 44.7 Å². The van der Waals surface area contributed by atoms with Gasteiger partial charge in [0.25, 0.3) is 0 Å². The van der Waals surface area contributed by atoms with Crippen LogP contribution in [0, 0.1) is 6.92 Å². The Morgan fingerprint density at radius 3 is 2.55 bits per heavy atom. The van der Waals surface area contributed by atoms with Crippen molar-refractivity contribution >= 4 is 5.91 Å². The highest BCUT2D eigenvalue weighted by Gasteiger charge is 2.20. The van der Waals surface area contributed by atoms with Crippen LogP contribution in [-0.2, 0) is 4.79 Å². The highest BCUT2D eigenvalue weighted by Crippen LogP contribution is 2.18. The molecule has 1 fully saturated rings. The summed E-state index contributed by atoms with van der Waals surface area (Å²) in [4.78, 5) is 11.8. The van der Waals surface area contributed by atoms with Gasteiger partial charge in [0, 0.05) is 6.04 Å². The molecule has 20 heavy (non-hydrogen) atoms. The number of carbonyl (C=O) groups excluding carboxylic acids is 1. The maximum Gasteiger partial charge on any atom is 0.223 e. The molecule has 2 N–H and O–H groups in total. The molecule has 1 amide bonds. The van der Waals surface area contributed by atoms with Crippen molar-refractivity contribution in [1.29, 1.82) is 0 Å². The molecule has 2 rings (SSSR count). The third kappa shape index (κ3) is 4.85. The molecule has 0 saturated heterocycles. The average molecular weight is 277 g/mol. The summed E-state index contributed by atoms with van der Waals surface area (Å²) in [5, 5.41) is 12.4. The van der Waals surface area contributed by atoms with Crippen LogP contribution in [0.1, 0.15) is 37.7 Å². The van der Waals surface area contributed by atoms with Crippen molar-refractivity contribution in [3.63, 3.8) is 0 Å². The average Bonchev–Trinajstić information content (AvgIpc) is 2.44. The lowest BCUT2D eigenvalue weighted by atomic mass is 9.93. The van der Waals surface area contributed by atoms with Crippen molar-refractivity contribution in [3.05, 3.63) is 29.8 Å². The first kappa shape index (κ1) is 14.9. The van der Waals surface area contributed by atoms with Gasteiger partial charge < -0.3 is 15.2 Å². The SMILES string of the molecule is Cc1ccc(OCCC(=O)NC2CCC(O)CC2)cc1. The van der Waals surface area contributed by atoms with Crippen LogP contribution in [0.3, 0.4) is 0 Å². The summed E-state index contributed by atoms with van der Waals surface area (Å²) in [5.41, 5.74) is 1.19. The lowest BCUT2D eigenvalue weighted by molar-refractivity contribution is -0.122. The minimum absolute atomic E-state index is 0.0264. The van der Waals surface area contributed by atoms with Crippen LogP contribution in [0.25, 0.3) is 0 Å². The summed E-state index contributed by atoms with van der Waals surface area (Å²) in [5.74, 6) is 0.822. The zero-order valence-electron chi connectivity index (χ0n) is 12.0. The van der Waals surface area contributed by atoms with E-state index in [-0.39, 0.29) is 18.1 Å². The van der Waals surface area contributed by atoms with Crippen molar-refractivity contribution in [2.45, 2.75) is 51.2 Å². The Hall–Kier alpha value is -1.55. The van der Waals surface area contributed by atoms with E-state index < -0.39 is 0 Å². The van der Waals surface area contributed by atoms with Gasteiger partial charge in [-0.1, -0.05) is 17.7 Å². The molecule has 0 aliphatic heterocycles. The highest BCUT2D eigenvalue weighted by atomic mass is 16.5. The number of hydrogen-bond donors (Lipinski definition) is 2. The first-order valence-corrected chi connectivity index (χ1v) is 7.30. The van der Waals surface area contributed by atoms with E-state index in [1.807, 2.05) is 31.2 Å². The molecule has 0 bridgehead atoms. The normalized spacial score (nSPS) is 22.3. The second-order valence-corrected chi connectivity index (χ2v) is 5.48. The molecule has 0 atom stereocenters. The van der Waals surface area contributed by atoms with Gasteiger partial charge in [0.2, 0.25) is 5.91 Å². The Kier molecular flexibility index (Phi) is 5.41. The van der Waals surface area contributed by atoms with Crippen LogP contribution < -0.4 is 10.1 Å². The summed E-state index contributed by atoms with van der Waals surface area (Å²) < 4.78 is 5.54. The van der Waals surface area contributed by atoms with E-state index in [1.165, 1.54) is 5.56 Å². The molecule has 0 unspecified atom stereocenters. The van der Waals surface area contributed by atoms with Gasteiger partial charge in [-0.3, -0.25) is 4.79 Å². The fourth-order valence-electron chi connectivity index (χ4n) is 2.42. The number of aliphatic hydroxyl groups is 1. The highest BCUT2D eigenvalue weighted by molar-refractivity contribution is 5.76. The maximum atomic E-state index is 11.8. The quantitative estimate of drug-likeness (QED) is 0.867. The van der Waals surface area contributed by atoms with Crippen LogP contribution in [-0.4, -0.2) is 29.8 Å². The van der Waals surface area contributed by atoms with Crippen LogP contribution in [0.2, 0.25) is 0 Å². The Balaban J connectivity index is 1.64. The number of aryl methyl sites for hydroxylation is 1. The number of rotatable bonds is 5. The number of nitrogens with one attached hydrogen (secondary N) is 1. The molecule has 0 heterocycles. The molecule has 0 spiro atoms. The lowest BCUT2D eigenvalue weighted by Gasteiger charge is -2.26. The second kappa shape index (κ2) is 7.29. The van der Waals surface area contributed by atoms with Gasteiger partial charge in [-0.15, -0.1) is 0 Å². The summed E-state index contributed by atoms with van der Waals surface area (Å²) >= 11 is 0. The van der Waals surface area contributed by atoms with E-state index in [0.717, 1.165) is 31.4 Å². The second-order valence-electron chi connectivity index (χ2n) is 5.48. The Labute approximate surface area is 120 Å². The third-order valence-corrected chi connectivity index (χ3v) is 3.68. The van der Waals surface area contributed by atoms with Crippen molar-refractivity contribution in [2.75, 3.05) is 6.61 Å². The smallest absolute Gasteiger partial charge is 0.223 e. The van der Waals surface area contributed by atoms with Gasteiger partial charge >= 0.3 is 0 Å². The van der Waals surface area contributed by atoms with Crippen molar-refractivity contribution in [3.8, 4) is 5.75 Å². The van der Waals surface area contributed by atoms with Crippen molar-refractivity contribution in [2.24, 2.45) is 0 Å². The zero-order chi connectivity index (χ0) is 14.4. The summed E-state index contributed by atoms with van der Waals surface area (Å²) in [7, 11) is 0. The molecular formula is C16H23NO3. The van der Waals surface area contributed by atoms with Crippen molar-refractivity contribution < 1.29 is 14.6 Å². The van der Waals surface area contributed by atoms with Gasteiger partial charge in [0.15, 0.2) is 0 Å². The molecule has 1 aliphatic rings. The molecule has 1 saturated carbocycles. The molecule has 1 aliphatic carbocycles. The molecule has 4 nitrogen and oxygen atoms in total. The van der Waals surface area contributed by atoms with Crippen LogP contribution >= 0.6 is 0 Å². The minimum Gasteiger partial charge on any atom is -0.493 e. The predicted octanol–water partition coefficient (Wildman–Crippen LogP) is 2.18. The summed E-state index contributed by atoms with van der Waals surface area (Å²) in [6, 6.07) is 8.02. The van der Waals surface area contributed by atoms with E-state index in [9.17, 15) is 9.90 Å². The minimum atomic E-state index is -0.187. The fourth-order valence-corrected chi connectivity index (χ4v) is 2.42. The summed E-state index contributed by atoms with van der Waals surface area (Å²) in [6.07, 6.45) is 3.48. The van der Waals surface area contributed by atoms with E-state index >= 15 is 0 Å². The van der Waals surface area contributed by atoms with E-state index in [2.05, 4.69) is 5.32 Å². The monoisotopic (exact) mass is 277 g/mol. The molecular weight excluding hydrogens is 254 g/mol. The van der Waals surface area contributed by atoms with Gasteiger partial charge in [0.05, 0.1) is 19.1 Å².